The van der Waals surface area contributed by atoms with E-state index in [2.05, 4.69) is 5.32 Å². The molecule has 1 aromatic carbocycles. The highest BCUT2D eigenvalue weighted by Gasteiger charge is 2.09. The van der Waals surface area contributed by atoms with Crippen molar-refractivity contribution in [3.63, 3.8) is 0 Å². The van der Waals surface area contributed by atoms with Crippen molar-refractivity contribution in [2.75, 3.05) is 6.54 Å². The van der Waals surface area contributed by atoms with Crippen molar-refractivity contribution in [2.45, 2.75) is 12.6 Å². The molecule has 0 fully saturated rings. The van der Waals surface area contributed by atoms with Gasteiger partial charge in [-0.15, -0.1) is 0 Å². The number of nitrogens with two attached hydrogens (primary N) is 1. The van der Waals surface area contributed by atoms with Crippen LogP contribution in [0.3, 0.4) is 0 Å². The number of aliphatic hydroxyl groups is 1. The van der Waals surface area contributed by atoms with Gasteiger partial charge >= 0.3 is 0 Å². The number of primary amides is 1. The standard InChI is InChI=1S/C10H13FN2O2/c11-8-3-1-7(2-4-8)5-13-6-9(14)10(12)15/h1-4,9,13-14H,5-6H2,(H2,12,15). The second-order valence-corrected chi connectivity index (χ2v) is 3.18. The van der Waals surface area contributed by atoms with Gasteiger partial charge in [0.15, 0.2) is 0 Å². The fraction of sp³-hybridized carbons (Fsp3) is 0.300. The van der Waals surface area contributed by atoms with Gasteiger partial charge in [0.25, 0.3) is 0 Å². The highest BCUT2D eigenvalue weighted by Crippen LogP contribution is 2.01. The van der Waals surface area contributed by atoms with Crippen molar-refractivity contribution in [3.05, 3.63) is 35.6 Å². The van der Waals surface area contributed by atoms with E-state index in [9.17, 15) is 9.18 Å². The van der Waals surface area contributed by atoms with Crippen molar-refractivity contribution < 1.29 is 14.3 Å². The Labute approximate surface area is 86.9 Å². The first-order chi connectivity index (χ1) is 7.09. The molecule has 0 aliphatic carbocycles. The monoisotopic (exact) mass is 212 g/mol. The summed E-state index contributed by atoms with van der Waals surface area (Å²) in [5.74, 6) is -1.06. The van der Waals surface area contributed by atoms with Gasteiger partial charge in [-0.05, 0) is 17.7 Å². The molecule has 0 aromatic heterocycles. The van der Waals surface area contributed by atoms with E-state index in [0.717, 1.165) is 5.56 Å². The first kappa shape index (κ1) is 11.6. The molecule has 0 heterocycles. The molecule has 0 bridgehead atoms. The van der Waals surface area contributed by atoms with Gasteiger partial charge in [-0.25, -0.2) is 4.39 Å². The first-order valence-electron chi connectivity index (χ1n) is 4.52. The number of nitrogens with one attached hydrogen (secondary N) is 1. The fourth-order valence-electron chi connectivity index (χ4n) is 1.06. The zero-order chi connectivity index (χ0) is 11.3. The summed E-state index contributed by atoms with van der Waals surface area (Å²) in [7, 11) is 0. The Morgan fingerprint density at radius 2 is 2.07 bits per heavy atom. The summed E-state index contributed by atoms with van der Waals surface area (Å²) in [6.07, 6.45) is -1.19. The van der Waals surface area contributed by atoms with E-state index in [4.69, 9.17) is 10.8 Å². The maximum Gasteiger partial charge on any atom is 0.247 e. The topological polar surface area (TPSA) is 75.4 Å². The van der Waals surface area contributed by atoms with Gasteiger partial charge < -0.3 is 16.2 Å². The van der Waals surface area contributed by atoms with E-state index in [-0.39, 0.29) is 12.4 Å². The average molecular weight is 212 g/mol. The summed E-state index contributed by atoms with van der Waals surface area (Å²) in [5.41, 5.74) is 5.73. The third-order valence-electron chi connectivity index (χ3n) is 1.91. The van der Waals surface area contributed by atoms with Crippen LogP contribution in [-0.2, 0) is 11.3 Å². The summed E-state index contributed by atoms with van der Waals surface area (Å²) in [5, 5.41) is 11.9. The van der Waals surface area contributed by atoms with Gasteiger partial charge in [0.1, 0.15) is 11.9 Å². The van der Waals surface area contributed by atoms with Crippen molar-refractivity contribution in [1.82, 2.24) is 5.32 Å². The maximum absolute atomic E-state index is 12.5. The minimum atomic E-state index is -1.19. The summed E-state index contributed by atoms with van der Waals surface area (Å²) >= 11 is 0. The largest absolute Gasteiger partial charge is 0.382 e. The molecule has 0 radical (unpaired) electrons. The Hall–Kier alpha value is -1.46. The maximum atomic E-state index is 12.5. The van der Waals surface area contributed by atoms with Gasteiger partial charge in [0, 0.05) is 13.1 Å². The molecular formula is C10H13FN2O2. The first-order valence-corrected chi connectivity index (χ1v) is 4.52. The van der Waals surface area contributed by atoms with Crippen LogP contribution < -0.4 is 11.1 Å². The van der Waals surface area contributed by atoms with Gasteiger partial charge in [-0.1, -0.05) is 12.1 Å². The van der Waals surface area contributed by atoms with Gasteiger partial charge in [0.05, 0.1) is 0 Å². The molecule has 0 aliphatic heterocycles. The van der Waals surface area contributed by atoms with Crippen LogP contribution in [0.15, 0.2) is 24.3 Å². The Kier molecular flexibility index (Phi) is 4.20. The molecule has 0 saturated heterocycles. The van der Waals surface area contributed by atoms with Crippen LogP contribution in [0, 0.1) is 5.82 Å². The number of carbonyl (C=O) groups excluding carboxylic acids is 1. The fourth-order valence-corrected chi connectivity index (χ4v) is 1.06. The number of rotatable bonds is 5. The average Bonchev–Trinajstić information content (AvgIpc) is 2.20. The predicted molar refractivity (Wildman–Crippen MR) is 53.3 cm³/mol. The molecular weight excluding hydrogens is 199 g/mol. The van der Waals surface area contributed by atoms with E-state index >= 15 is 0 Å². The van der Waals surface area contributed by atoms with Gasteiger partial charge in [-0.3, -0.25) is 4.79 Å². The number of hydrogen-bond acceptors (Lipinski definition) is 3. The SMILES string of the molecule is NC(=O)C(O)CNCc1ccc(F)cc1. The molecule has 4 N–H and O–H groups in total. The van der Waals surface area contributed by atoms with Gasteiger partial charge in [0.2, 0.25) is 5.91 Å². The van der Waals surface area contributed by atoms with Crippen molar-refractivity contribution in [1.29, 1.82) is 0 Å². The van der Waals surface area contributed by atoms with Crippen LogP contribution in [0.25, 0.3) is 0 Å². The molecule has 1 aromatic rings. The number of benzene rings is 1. The Bertz CT molecular complexity index is 327. The molecule has 1 unspecified atom stereocenters. The van der Waals surface area contributed by atoms with Crippen LogP contribution >= 0.6 is 0 Å². The predicted octanol–water partition coefficient (Wildman–Crippen LogP) is -0.239. The number of carbonyl (C=O) groups is 1. The molecule has 1 atom stereocenters. The van der Waals surface area contributed by atoms with Crippen LogP contribution in [-0.4, -0.2) is 23.7 Å². The third kappa shape index (κ3) is 4.05. The molecule has 0 saturated carbocycles. The smallest absolute Gasteiger partial charge is 0.247 e. The molecule has 0 aliphatic rings. The number of halogens is 1. The lowest BCUT2D eigenvalue weighted by Crippen LogP contribution is -2.37. The summed E-state index contributed by atoms with van der Waals surface area (Å²) in [6, 6.07) is 5.95. The highest BCUT2D eigenvalue weighted by atomic mass is 19.1. The zero-order valence-corrected chi connectivity index (χ0v) is 8.11. The van der Waals surface area contributed by atoms with Crippen molar-refractivity contribution in [2.24, 2.45) is 5.73 Å². The van der Waals surface area contributed by atoms with E-state index in [0.29, 0.717) is 6.54 Å². The van der Waals surface area contributed by atoms with E-state index in [1.807, 2.05) is 0 Å². The second kappa shape index (κ2) is 5.43. The minimum Gasteiger partial charge on any atom is -0.382 e. The molecule has 4 nitrogen and oxygen atoms in total. The lowest BCUT2D eigenvalue weighted by atomic mass is 10.2. The zero-order valence-electron chi connectivity index (χ0n) is 8.11. The summed E-state index contributed by atoms with van der Waals surface area (Å²) in [6.45, 7) is 0.539. The van der Waals surface area contributed by atoms with Crippen LogP contribution in [0.1, 0.15) is 5.56 Å². The quantitative estimate of drug-likeness (QED) is 0.630. The van der Waals surface area contributed by atoms with E-state index in [1.165, 1.54) is 12.1 Å². The lowest BCUT2D eigenvalue weighted by Gasteiger charge is -2.08. The third-order valence-corrected chi connectivity index (χ3v) is 1.91. The molecule has 15 heavy (non-hydrogen) atoms. The molecule has 1 amide bonds. The Morgan fingerprint density at radius 3 is 2.60 bits per heavy atom. The lowest BCUT2D eigenvalue weighted by molar-refractivity contribution is -0.125. The second-order valence-electron chi connectivity index (χ2n) is 3.18. The summed E-state index contributed by atoms with van der Waals surface area (Å²) < 4.78 is 12.5. The minimum absolute atomic E-state index is 0.0900. The van der Waals surface area contributed by atoms with E-state index < -0.39 is 12.0 Å². The number of amides is 1. The molecule has 5 heteroatoms. The van der Waals surface area contributed by atoms with Crippen molar-refractivity contribution >= 4 is 5.91 Å². The Morgan fingerprint density at radius 1 is 1.47 bits per heavy atom. The Balaban J connectivity index is 2.32. The highest BCUT2D eigenvalue weighted by molar-refractivity contribution is 5.78. The van der Waals surface area contributed by atoms with Crippen LogP contribution in [0.4, 0.5) is 4.39 Å². The summed E-state index contributed by atoms with van der Waals surface area (Å²) in [4.78, 5) is 10.5. The normalized spacial score (nSPS) is 12.4. The van der Waals surface area contributed by atoms with Gasteiger partial charge in [-0.2, -0.15) is 0 Å². The van der Waals surface area contributed by atoms with Crippen molar-refractivity contribution in [3.8, 4) is 0 Å². The molecule has 0 spiro atoms. The van der Waals surface area contributed by atoms with Crippen LogP contribution in [0.5, 0.6) is 0 Å². The number of aliphatic hydroxyl groups excluding tert-OH is 1. The van der Waals surface area contributed by atoms with E-state index in [1.54, 1.807) is 12.1 Å². The number of hydrogen-bond donors (Lipinski definition) is 3. The van der Waals surface area contributed by atoms with Crippen LogP contribution in [0.2, 0.25) is 0 Å². The molecule has 1 rings (SSSR count). The molecule has 82 valence electrons.